The second-order valence-electron chi connectivity index (χ2n) is 3.49. The zero-order valence-corrected chi connectivity index (χ0v) is 9.96. The van der Waals surface area contributed by atoms with E-state index in [0.29, 0.717) is 18.9 Å². The van der Waals surface area contributed by atoms with E-state index in [9.17, 15) is 8.42 Å². The van der Waals surface area contributed by atoms with Gasteiger partial charge in [0.2, 0.25) is 0 Å². The SMILES string of the molecule is C=C(CN)COc1cccc(S(C)(=O)=O)c1. The summed E-state index contributed by atoms with van der Waals surface area (Å²) in [7, 11) is -3.20. The molecule has 0 radical (unpaired) electrons. The molecule has 0 spiro atoms. The van der Waals surface area contributed by atoms with Gasteiger partial charge in [0.1, 0.15) is 12.4 Å². The summed E-state index contributed by atoms with van der Waals surface area (Å²) in [6, 6.07) is 6.34. The van der Waals surface area contributed by atoms with E-state index in [1.54, 1.807) is 12.1 Å². The van der Waals surface area contributed by atoms with Gasteiger partial charge in [0.25, 0.3) is 0 Å². The Morgan fingerprint density at radius 1 is 1.50 bits per heavy atom. The van der Waals surface area contributed by atoms with Crippen molar-refractivity contribution in [3.8, 4) is 5.75 Å². The van der Waals surface area contributed by atoms with Gasteiger partial charge in [-0.1, -0.05) is 12.6 Å². The fraction of sp³-hybridized carbons (Fsp3) is 0.273. The monoisotopic (exact) mass is 241 g/mol. The molecule has 0 aromatic heterocycles. The van der Waals surface area contributed by atoms with Crippen molar-refractivity contribution in [2.24, 2.45) is 5.73 Å². The minimum atomic E-state index is -3.20. The fourth-order valence-electron chi connectivity index (χ4n) is 1.04. The molecule has 16 heavy (non-hydrogen) atoms. The van der Waals surface area contributed by atoms with Crippen molar-refractivity contribution in [3.05, 3.63) is 36.4 Å². The van der Waals surface area contributed by atoms with Crippen molar-refractivity contribution in [2.45, 2.75) is 4.90 Å². The highest BCUT2D eigenvalue weighted by Crippen LogP contribution is 2.17. The average Bonchev–Trinajstić information content (AvgIpc) is 2.25. The number of nitrogens with two attached hydrogens (primary N) is 1. The second kappa shape index (κ2) is 5.14. The molecule has 1 aromatic carbocycles. The Labute approximate surface area is 95.6 Å². The third-order valence-electron chi connectivity index (χ3n) is 1.97. The van der Waals surface area contributed by atoms with Crippen LogP contribution in [0.2, 0.25) is 0 Å². The highest BCUT2D eigenvalue weighted by atomic mass is 32.2. The van der Waals surface area contributed by atoms with E-state index in [-0.39, 0.29) is 4.90 Å². The van der Waals surface area contributed by atoms with Crippen LogP contribution in [-0.2, 0) is 9.84 Å². The lowest BCUT2D eigenvalue weighted by atomic mass is 10.3. The minimum Gasteiger partial charge on any atom is -0.489 e. The third kappa shape index (κ3) is 3.67. The summed E-state index contributed by atoms with van der Waals surface area (Å²) in [5, 5.41) is 0. The van der Waals surface area contributed by atoms with Crippen molar-refractivity contribution in [1.82, 2.24) is 0 Å². The maximum Gasteiger partial charge on any atom is 0.175 e. The van der Waals surface area contributed by atoms with Crippen LogP contribution in [0.15, 0.2) is 41.3 Å². The lowest BCUT2D eigenvalue weighted by Crippen LogP contribution is -2.10. The van der Waals surface area contributed by atoms with Gasteiger partial charge < -0.3 is 10.5 Å². The predicted molar refractivity (Wildman–Crippen MR) is 63.2 cm³/mol. The van der Waals surface area contributed by atoms with Crippen LogP contribution in [0.4, 0.5) is 0 Å². The third-order valence-corrected chi connectivity index (χ3v) is 3.08. The highest BCUT2D eigenvalue weighted by molar-refractivity contribution is 7.90. The normalized spacial score (nSPS) is 11.1. The van der Waals surface area contributed by atoms with Crippen LogP contribution in [0.25, 0.3) is 0 Å². The summed E-state index contributed by atoms with van der Waals surface area (Å²) in [5.74, 6) is 0.498. The molecule has 2 N–H and O–H groups in total. The van der Waals surface area contributed by atoms with Gasteiger partial charge in [-0.3, -0.25) is 0 Å². The molecule has 0 atom stereocenters. The summed E-state index contributed by atoms with van der Waals surface area (Å²) in [5.41, 5.74) is 6.11. The lowest BCUT2D eigenvalue weighted by molar-refractivity contribution is 0.350. The molecule has 0 aliphatic carbocycles. The van der Waals surface area contributed by atoms with Gasteiger partial charge in [0, 0.05) is 12.8 Å². The fourth-order valence-corrected chi connectivity index (χ4v) is 1.69. The number of benzene rings is 1. The molecule has 0 bridgehead atoms. The standard InChI is InChI=1S/C11H15NO3S/c1-9(7-12)8-15-10-4-3-5-11(6-10)16(2,13)14/h3-6H,1,7-8,12H2,2H3. The van der Waals surface area contributed by atoms with Gasteiger partial charge in [0.05, 0.1) is 4.90 Å². The first kappa shape index (κ1) is 12.7. The Morgan fingerprint density at radius 2 is 2.19 bits per heavy atom. The van der Waals surface area contributed by atoms with Crippen LogP contribution < -0.4 is 10.5 Å². The number of hydrogen-bond acceptors (Lipinski definition) is 4. The van der Waals surface area contributed by atoms with Gasteiger partial charge in [-0.15, -0.1) is 0 Å². The molecule has 88 valence electrons. The van der Waals surface area contributed by atoms with E-state index in [0.717, 1.165) is 11.8 Å². The molecular weight excluding hydrogens is 226 g/mol. The topological polar surface area (TPSA) is 69.4 Å². The molecule has 0 saturated heterocycles. The van der Waals surface area contributed by atoms with Gasteiger partial charge >= 0.3 is 0 Å². The van der Waals surface area contributed by atoms with Crippen LogP contribution in [0, 0.1) is 0 Å². The first-order chi connectivity index (χ1) is 7.43. The number of hydrogen-bond donors (Lipinski definition) is 1. The number of sulfone groups is 1. The molecular formula is C11H15NO3S. The number of rotatable bonds is 5. The largest absolute Gasteiger partial charge is 0.489 e. The minimum absolute atomic E-state index is 0.239. The van der Waals surface area contributed by atoms with E-state index in [1.165, 1.54) is 12.1 Å². The zero-order valence-electron chi connectivity index (χ0n) is 9.14. The summed E-state index contributed by atoms with van der Waals surface area (Å²) in [6.45, 7) is 4.34. The second-order valence-corrected chi connectivity index (χ2v) is 5.51. The molecule has 0 aliphatic heterocycles. The van der Waals surface area contributed by atoms with Crippen molar-refractivity contribution >= 4 is 9.84 Å². The summed E-state index contributed by atoms with van der Waals surface area (Å²) in [6.07, 6.45) is 1.16. The zero-order chi connectivity index (χ0) is 12.2. The van der Waals surface area contributed by atoms with Gasteiger partial charge in [-0.05, 0) is 23.8 Å². The Bertz CT molecular complexity index is 480. The Kier molecular flexibility index (Phi) is 4.09. The predicted octanol–water partition coefficient (Wildman–Crippen LogP) is 0.984. The quantitative estimate of drug-likeness (QED) is 0.780. The Balaban J connectivity index is 2.80. The summed E-state index contributed by atoms with van der Waals surface area (Å²) < 4.78 is 27.9. The molecule has 0 amide bonds. The molecule has 4 nitrogen and oxygen atoms in total. The molecule has 5 heteroatoms. The maximum atomic E-state index is 11.3. The maximum absolute atomic E-state index is 11.3. The van der Waals surface area contributed by atoms with Gasteiger partial charge in [0.15, 0.2) is 9.84 Å². The van der Waals surface area contributed by atoms with E-state index in [4.69, 9.17) is 10.5 Å². The molecule has 0 unspecified atom stereocenters. The smallest absolute Gasteiger partial charge is 0.175 e. The average molecular weight is 241 g/mol. The molecule has 1 rings (SSSR count). The molecule has 0 aliphatic rings. The molecule has 0 heterocycles. The molecule has 1 aromatic rings. The van der Waals surface area contributed by atoms with Crippen molar-refractivity contribution in [1.29, 1.82) is 0 Å². The first-order valence-electron chi connectivity index (χ1n) is 4.73. The van der Waals surface area contributed by atoms with E-state index in [1.807, 2.05) is 0 Å². The van der Waals surface area contributed by atoms with Crippen molar-refractivity contribution in [3.63, 3.8) is 0 Å². The lowest BCUT2D eigenvalue weighted by Gasteiger charge is -2.08. The van der Waals surface area contributed by atoms with E-state index >= 15 is 0 Å². The van der Waals surface area contributed by atoms with Crippen LogP contribution in [0.1, 0.15) is 0 Å². The van der Waals surface area contributed by atoms with E-state index < -0.39 is 9.84 Å². The first-order valence-corrected chi connectivity index (χ1v) is 6.62. The number of ether oxygens (including phenoxy) is 1. The molecule has 0 saturated carbocycles. The van der Waals surface area contributed by atoms with Crippen LogP contribution in [0.5, 0.6) is 5.75 Å². The highest BCUT2D eigenvalue weighted by Gasteiger charge is 2.07. The van der Waals surface area contributed by atoms with Crippen molar-refractivity contribution in [2.75, 3.05) is 19.4 Å². The van der Waals surface area contributed by atoms with Crippen LogP contribution in [0.3, 0.4) is 0 Å². The van der Waals surface area contributed by atoms with Crippen LogP contribution >= 0.6 is 0 Å². The molecule has 0 fully saturated rings. The van der Waals surface area contributed by atoms with Crippen molar-refractivity contribution < 1.29 is 13.2 Å². The van der Waals surface area contributed by atoms with E-state index in [2.05, 4.69) is 6.58 Å². The summed E-state index contributed by atoms with van der Waals surface area (Å²) >= 11 is 0. The Hall–Kier alpha value is -1.33. The van der Waals surface area contributed by atoms with Gasteiger partial charge in [-0.25, -0.2) is 8.42 Å². The Morgan fingerprint density at radius 3 is 2.75 bits per heavy atom. The summed E-state index contributed by atoms with van der Waals surface area (Å²) in [4.78, 5) is 0.239. The van der Waals surface area contributed by atoms with Gasteiger partial charge in [-0.2, -0.15) is 0 Å². The van der Waals surface area contributed by atoms with Crippen LogP contribution in [-0.4, -0.2) is 27.8 Å².